The Balaban J connectivity index is 1.42. The van der Waals surface area contributed by atoms with Crippen LogP contribution >= 0.6 is 11.8 Å². The minimum absolute atomic E-state index is 0.128. The molecule has 2 N–H and O–H groups in total. The van der Waals surface area contributed by atoms with Crippen LogP contribution in [0.25, 0.3) is 5.69 Å². The molecule has 4 rings (SSSR count). The van der Waals surface area contributed by atoms with Gasteiger partial charge in [-0.2, -0.15) is 0 Å². The molecule has 1 aromatic heterocycles. The molecule has 1 heterocycles. The molecule has 8 heteroatoms. The maximum absolute atomic E-state index is 12.6. The lowest BCUT2D eigenvalue weighted by atomic mass is 10.2. The SMILES string of the molecule is CC(=O)Nc1ccc(NC(=O)[C@@H](C)Sc2nc(C3CC3)n(-c3ccccc3)n2)cc1. The number of para-hydroxylation sites is 1. The molecule has 30 heavy (non-hydrogen) atoms. The molecule has 0 aliphatic heterocycles. The second kappa shape index (κ2) is 8.71. The van der Waals surface area contributed by atoms with Gasteiger partial charge in [-0.25, -0.2) is 9.67 Å². The zero-order chi connectivity index (χ0) is 21.1. The fourth-order valence-corrected chi connectivity index (χ4v) is 3.77. The van der Waals surface area contributed by atoms with E-state index in [0.29, 0.717) is 22.4 Å². The van der Waals surface area contributed by atoms with Crippen LogP contribution in [0.5, 0.6) is 0 Å². The summed E-state index contributed by atoms with van der Waals surface area (Å²) in [5, 5.41) is 10.5. The van der Waals surface area contributed by atoms with Gasteiger partial charge in [0.1, 0.15) is 5.82 Å². The molecule has 1 fully saturated rings. The van der Waals surface area contributed by atoms with Crippen molar-refractivity contribution in [2.75, 3.05) is 10.6 Å². The minimum atomic E-state index is -0.362. The Kier molecular flexibility index (Phi) is 5.85. The molecule has 0 spiro atoms. The standard InChI is InChI=1S/C22H23N5O2S/c1-14(21(29)24-18-12-10-17(11-13-18)23-15(2)28)30-22-25-20(16-8-9-16)27(26-22)19-6-4-3-5-7-19/h3-7,10-14,16H,8-9H2,1-2H3,(H,23,28)(H,24,29)/t14-/m1/s1. The van der Waals surface area contributed by atoms with Gasteiger partial charge < -0.3 is 10.6 Å². The Morgan fingerprint density at radius 1 is 1.03 bits per heavy atom. The van der Waals surface area contributed by atoms with Crippen molar-refractivity contribution in [2.24, 2.45) is 0 Å². The number of anilines is 2. The van der Waals surface area contributed by atoms with Crippen molar-refractivity contribution in [1.29, 1.82) is 0 Å². The first-order valence-corrected chi connectivity index (χ1v) is 10.7. The van der Waals surface area contributed by atoms with Gasteiger partial charge in [0.2, 0.25) is 17.0 Å². The summed E-state index contributed by atoms with van der Waals surface area (Å²) in [5.74, 6) is 1.14. The van der Waals surface area contributed by atoms with E-state index in [1.165, 1.54) is 18.7 Å². The Morgan fingerprint density at radius 2 is 1.67 bits per heavy atom. The van der Waals surface area contributed by atoms with Crippen molar-refractivity contribution in [3.63, 3.8) is 0 Å². The summed E-state index contributed by atoms with van der Waals surface area (Å²) in [6, 6.07) is 17.0. The third-order valence-electron chi connectivity index (χ3n) is 4.68. The molecule has 0 bridgehead atoms. The highest BCUT2D eigenvalue weighted by atomic mass is 32.2. The van der Waals surface area contributed by atoms with Crippen LogP contribution in [0.3, 0.4) is 0 Å². The number of aromatic nitrogens is 3. The Morgan fingerprint density at radius 3 is 2.27 bits per heavy atom. The largest absolute Gasteiger partial charge is 0.326 e. The molecule has 154 valence electrons. The predicted octanol–water partition coefficient (Wildman–Crippen LogP) is 4.22. The molecular formula is C22H23N5O2S. The molecule has 1 aliphatic carbocycles. The number of hydrogen-bond donors (Lipinski definition) is 2. The third-order valence-corrected chi connectivity index (χ3v) is 5.63. The second-order valence-corrected chi connectivity index (χ2v) is 8.59. The molecule has 1 atom stereocenters. The van der Waals surface area contributed by atoms with Crippen LogP contribution in [0.1, 0.15) is 38.4 Å². The first-order valence-electron chi connectivity index (χ1n) is 9.87. The number of benzene rings is 2. The highest BCUT2D eigenvalue weighted by Crippen LogP contribution is 2.40. The lowest BCUT2D eigenvalue weighted by molar-refractivity contribution is -0.115. The van der Waals surface area contributed by atoms with Gasteiger partial charge in [0.25, 0.3) is 0 Å². The fraction of sp³-hybridized carbons (Fsp3) is 0.273. The van der Waals surface area contributed by atoms with Crippen LogP contribution in [-0.2, 0) is 9.59 Å². The summed E-state index contributed by atoms with van der Waals surface area (Å²) in [6.45, 7) is 3.29. The van der Waals surface area contributed by atoms with Crippen LogP contribution in [0.4, 0.5) is 11.4 Å². The highest BCUT2D eigenvalue weighted by Gasteiger charge is 2.31. The first-order chi connectivity index (χ1) is 14.5. The van der Waals surface area contributed by atoms with Crippen molar-refractivity contribution in [2.45, 2.75) is 43.0 Å². The maximum atomic E-state index is 12.6. The van der Waals surface area contributed by atoms with Crippen LogP contribution in [0.15, 0.2) is 59.8 Å². The average Bonchev–Trinajstić information content (AvgIpc) is 3.50. The lowest BCUT2D eigenvalue weighted by Gasteiger charge is -2.11. The van der Waals surface area contributed by atoms with Gasteiger partial charge in [-0.05, 0) is 56.2 Å². The summed E-state index contributed by atoms with van der Waals surface area (Å²) in [6.07, 6.45) is 2.25. The van der Waals surface area contributed by atoms with Crippen LogP contribution in [0, 0.1) is 0 Å². The normalized spacial score (nSPS) is 14.2. The molecule has 3 aromatic rings. The van der Waals surface area contributed by atoms with Gasteiger partial charge in [-0.3, -0.25) is 9.59 Å². The van der Waals surface area contributed by atoms with E-state index in [2.05, 4.69) is 15.7 Å². The van der Waals surface area contributed by atoms with Crippen molar-refractivity contribution in [3.05, 3.63) is 60.4 Å². The second-order valence-electron chi connectivity index (χ2n) is 7.28. The highest BCUT2D eigenvalue weighted by molar-refractivity contribution is 8.00. The topological polar surface area (TPSA) is 88.9 Å². The Labute approximate surface area is 179 Å². The summed E-state index contributed by atoms with van der Waals surface area (Å²) in [7, 11) is 0. The van der Waals surface area contributed by atoms with Gasteiger partial charge in [0, 0.05) is 24.2 Å². The van der Waals surface area contributed by atoms with Gasteiger partial charge in [0.15, 0.2) is 0 Å². The van der Waals surface area contributed by atoms with E-state index in [-0.39, 0.29) is 17.1 Å². The maximum Gasteiger partial charge on any atom is 0.237 e. The summed E-state index contributed by atoms with van der Waals surface area (Å²) >= 11 is 1.35. The zero-order valence-electron chi connectivity index (χ0n) is 16.8. The van der Waals surface area contributed by atoms with E-state index in [1.54, 1.807) is 24.3 Å². The van der Waals surface area contributed by atoms with E-state index in [4.69, 9.17) is 4.98 Å². The van der Waals surface area contributed by atoms with Gasteiger partial charge in [0.05, 0.1) is 10.9 Å². The van der Waals surface area contributed by atoms with Gasteiger partial charge >= 0.3 is 0 Å². The van der Waals surface area contributed by atoms with E-state index in [1.807, 2.05) is 41.9 Å². The Hall–Kier alpha value is -3.13. The molecule has 1 saturated carbocycles. The van der Waals surface area contributed by atoms with E-state index in [0.717, 1.165) is 24.4 Å². The number of amides is 2. The van der Waals surface area contributed by atoms with Gasteiger partial charge in [-0.1, -0.05) is 30.0 Å². The molecule has 0 radical (unpaired) electrons. The van der Waals surface area contributed by atoms with E-state index < -0.39 is 0 Å². The number of rotatable bonds is 7. The minimum Gasteiger partial charge on any atom is -0.326 e. The number of hydrogen-bond acceptors (Lipinski definition) is 5. The van der Waals surface area contributed by atoms with E-state index >= 15 is 0 Å². The van der Waals surface area contributed by atoms with Crippen molar-refractivity contribution in [3.8, 4) is 5.69 Å². The van der Waals surface area contributed by atoms with Crippen molar-refractivity contribution < 1.29 is 9.59 Å². The molecule has 0 saturated heterocycles. The molecule has 0 unspecified atom stereocenters. The van der Waals surface area contributed by atoms with Crippen LogP contribution in [-0.4, -0.2) is 31.8 Å². The third kappa shape index (κ3) is 4.88. The van der Waals surface area contributed by atoms with Crippen LogP contribution < -0.4 is 10.6 Å². The van der Waals surface area contributed by atoms with Crippen molar-refractivity contribution in [1.82, 2.24) is 14.8 Å². The fourth-order valence-electron chi connectivity index (χ4n) is 3.02. The quantitative estimate of drug-likeness (QED) is 0.558. The smallest absolute Gasteiger partial charge is 0.237 e. The number of nitrogens with one attached hydrogen (secondary N) is 2. The predicted molar refractivity (Wildman–Crippen MR) is 118 cm³/mol. The number of carbonyl (C=O) groups is 2. The molecular weight excluding hydrogens is 398 g/mol. The molecule has 2 aromatic carbocycles. The lowest BCUT2D eigenvalue weighted by Crippen LogP contribution is -2.22. The van der Waals surface area contributed by atoms with Gasteiger partial charge in [-0.15, -0.1) is 5.10 Å². The summed E-state index contributed by atoms with van der Waals surface area (Å²) < 4.78 is 1.89. The van der Waals surface area contributed by atoms with Crippen molar-refractivity contribution >= 4 is 35.0 Å². The zero-order valence-corrected chi connectivity index (χ0v) is 17.6. The summed E-state index contributed by atoms with van der Waals surface area (Å²) in [4.78, 5) is 28.4. The Bertz CT molecular complexity index is 1050. The molecule has 2 amide bonds. The number of carbonyl (C=O) groups excluding carboxylic acids is 2. The average molecular weight is 422 g/mol. The van der Waals surface area contributed by atoms with E-state index in [9.17, 15) is 9.59 Å². The number of thioether (sulfide) groups is 1. The van der Waals surface area contributed by atoms with Crippen LogP contribution in [0.2, 0.25) is 0 Å². The molecule has 1 aliphatic rings. The molecule has 7 nitrogen and oxygen atoms in total. The first kappa shape index (κ1) is 20.2. The monoisotopic (exact) mass is 421 g/mol. The summed E-state index contributed by atoms with van der Waals surface area (Å²) in [5.41, 5.74) is 2.34. The number of nitrogens with zero attached hydrogens (tertiary/aromatic N) is 3.